The molecule has 2 rings (SSSR count). The molecule has 0 aliphatic rings. The summed E-state index contributed by atoms with van der Waals surface area (Å²) in [6.07, 6.45) is 0. The number of nitro benzene ring substituents is 1. The van der Waals surface area contributed by atoms with E-state index in [2.05, 4.69) is 0 Å². The minimum absolute atomic E-state index is 0.383. The molecule has 2 aromatic carbocycles. The van der Waals surface area contributed by atoms with Crippen LogP contribution in [0, 0.1) is 34.5 Å². The van der Waals surface area contributed by atoms with E-state index in [9.17, 15) is 23.3 Å². The zero-order valence-electron chi connectivity index (χ0n) is 10.5. The molecule has 4 nitrogen and oxygen atoms in total. The van der Waals surface area contributed by atoms with Crippen LogP contribution in [0.3, 0.4) is 0 Å². The van der Waals surface area contributed by atoms with Gasteiger partial charge in [-0.1, -0.05) is 23.7 Å². The monoisotopic (exact) mass is 317 g/mol. The Bertz CT molecular complexity index is 708. The highest BCUT2D eigenvalue weighted by molar-refractivity contribution is 6.32. The van der Waals surface area contributed by atoms with Crippen LogP contribution in [0.2, 0.25) is 5.02 Å². The molecule has 0 aliphatic carbocycles. The SMILES string of the molecule is Cc1c(F)c(F)c(Oc2ccccc2[N+](=O)[O-])c(Cl)c1F. The Morgan fingerprint density at radius 1 is 1.14 bits per heavy atom. The lowest BCUT2D eigenvalue weighted by atomic mass is 10.2. The number of para-hydroxylation sites is 2. The third-order valence-corrected chi connectivity index (χ3v) is 3.05. The summed E-state index contributed by atoms with van der Waals surface area (Å²) in [6, 6.07) is 5.00. The van der Waals surface area contributed by atoms with Crippen LogP contribution in [0.4, 0.5) is 18.9 Å². The molecule has 0 spiro atoms. The van der Waals surface area contributed by atoms with Gasteiger partial charge in [0.2, 0.25) is 11.6 Å². The second-order valence-corrected chi connectivity index (χ2v) is 4.41. The number of hydrogen-bond acceptors (Lipinski definition) is 3. The Kier molecular flexibility index (Phi) is 4.04. The zero-order valence-corrected chi connectivity index (χ0v) is 11.2. The van der Waals surface area contributed by atoms with E-state index in [1.165, 1.54) is 12.1 Å². The number of halogens is 4. The first-order chi connectivity index (χ1) is 9.84. The largest absolute Gasteiger partial charge is 0.445 e. The molecule has 0 aromatic heterocycles. The van der Waals surface area contributed by atoms with Gasteiger partial charge in [0, 0.05) is 11.6 Å². The normalized spacial score (nSPS) is 10.5. The fourth-order valence-corrected chi connectivity index (χ4v) is 1.88. The van der Waals surface area contributed by atoms with Crippen molar-refractivity contribution in [1.82, 2.24) is 0 Å². The topological polar surface area (TPSA) is 52.4 Å². The lowest BCUT2D eigenvalue weighted by Gasteiger charge is -2.11. The molecular formula is C13H7ClF3NO3. The minimum atomic E-state index is -1.52. The molecule has 0 saturated heterocycles. The molecule has 110 valence electrons. The number of ether oxygens (including phenoxy) is 1. The molecule has 21 heavy (non-hydrogen) atoms. The summed E-state index contributed by atoms with van der Waals surface area (Å²) >= 11 is 5.58. The van der Waals surface area contributed by atoms with Gasteiger partial charge in [-0.05, 0) is 13.0 Å². The summed E-state index contributed by atoms with van der Waals surface area (Å²) in [5.41, 5.74) is -1.10. The van der Waals surface area contributed by atoms with Crippen LogP contribution in [0.5, 0.6) is 11.5 Å². The Morgan fingerprint density at radius 3 is 2.38 bits per heavy atom. The lowest BCUT2D eigenvalue weighted by molar-refractivity contribution is -0.385. The summed E-state index contributed by atoms with van der Waals surface area (Å²) in [5.74, 6) is -5.50. The zero-order chi connectivity index (χ0) is 15.7. The van der Waals surface area contributed by atoms with Crippen LogP contribution < -0.4 is 4.74 Å². The van der Waals surface area contributed by atoms with Gasteiger partial charge >= 0.3 is 5.69 Å². The average molecular weight is 318 g/mol. The molecule has 0 radical (unpaired) electrons. The Labute approximate surface area is 121 Å². The summed E-state index contributed by atoms with van der Waals surface area (Å²) in [7, 11) is 0. The van der Waals surface area contributed by atoms with Gasteiger partial charge in [0.1, 0.15) is 5.02 Å². The molecule has 0 unspecified atom stereocenters. The van der Waals surface area contributed by atoms with E-state index in [-0.39, 0.29) is 5.75 Å². The molecule has 0 fully saturated rings. The van der Waals surface area contributed by atoms with E-state index in [1.807, 2.05) is 0 Å². The maximum Gasteiger partial charge on any atom is 0.311 e. The predicted molar refractivity (Wildman–Crippen MR) is 69.2 cm³/mol. The third-order valence-electron chi connectivity index (χ3n) is 2.72. The van der Waals surface area contributed by atoms with Gasteiger partial charge in [-0.15, -0.1) is 0 Å². The van der Waals surface area contributed by atoms with Crippen molar-refractivity contribution in [1.29, 1.82) is 0 Å². The number of benzene rings is 2. The molecule has 0 amide bonds. The Morgan fingerprint density at radius 2 is 1.76 bits per heavy atom. The average Bonchev–Trinajstić information content (AvgIpc) is 2.48. The molecule has 8 heteroatoms. The van der Waals surface area contributed by atoms with Crippen LogP contribution in [-0.2, 0) is 0 Å². The van der Waals surface area contributed by atoms with Gasteiger partial charge in [0.15, 0.2) is 17.4 Å². The highest BCUT2D eigenvalue weighted by atomic mass is 35.5. The first kappa shape index (κ1) is 15.1. The van der Waals surface area contributed by atoms with Gasteiger partial charge in [-0.3, -0.25) is 10.1 Å². The van der Waals surface area contributed by atoms with Crippen LogP contribution in [-0.4, -0.2) is 4.92 Å². The van der Waals surface area contributed by atoms with Crippen LogP contribution in [0.25, 0.3) is 0 Å². The molecule has 0 heterocycles. The summed E-state index contributed by atoms with van der Waals surface area (Å²) in [6.45, 7) is 1.01. The molecule has 0 aliphatic heterocycles. The molecule has 0 bridgehead atoms. The van der Waals surface area contributed by atoms with Gasteiger partial charge < -0.3 is 4.74 Å². The van der Waals surface area contributed by atoms with Crippen molar-refractivity contribution in [3.8, 4) is 11.5 Å². The molecule has 2 aromatic rings. The van der Waals surface area contributed by atoms with Crippen LogP contribution in [0.15, 0.2) is 24.3 Å². The number of nitrogens with zero attached hydrogens (tertiary/aromatic N) is 1. The quantitative estimate of drug-likeness (QED) is 0.465. The van der Waals surface area contributed by atoms with E-state index in [0.717, 1.165) is 19.1 Å². The Hall–Kier alpha value is -2.28. The van der Waals surface area contributed by atoms with Crippen molar-refractivity contribution in [3.63, 3.8) is 0 Å². The van der Waals surface area contributed by atoms with Crippen molar-refractivity contribution in [2.24, 2.45) is 0 Å². The second kappa shape index (κ2) is 5.61. The third kappa shape index (κ3) is 2.64. The second-order valence-electron chi connectivity index (χ2n) is 4.04. The Balaban J connectivity index is 2.58. The smallest absolute Gasteiger partial charge is 0.311 e. The van der Waals surface area contributed by atoms with Crippen molar-refractivity contribution in [2.75, 3.05) is 0 Å². The van der Waals surface area contributed by atoms with E-state index in [1.54, 1.807) is 0 Å². The van der Waals surface area contributed by atoms with Gasteiger partial charge in [-0.2, -0.15) is 4.39 Å². The molecular weight excluding hydrogens is 311 g/mol. The fraction of sp³-hybridized carbons (Fsp3) is 0.0769. The minimum Gasteiger partial charge on any atom is -0.445 e. The first-order valence-electron chi connectivity index (χ1n) is 5.58. The number of nitro groups is 1. The summed E-state index contributed by atoms with van der Waals surface area (Å²) < 4.78 is 45.9. The van der Waals surface area contributed by atoms with Crippen LogP contribution in [0.1, 0.15) is 5.56 Å². The molecule has 0 atom stereocenters. The van der Waals surface area contributed by atoms with Crippen molar-refractivity contribution in [2.45, 2.75) is 6.92 Å². The fourth-order valence-electron chi connectivity index (χ4n) is 1.62. The van der Waals surface area contributed by atoms with Gasteiger partial charge in [-0.25, -0.2) is 8.78 Å². The van der Waals surface area contributed by atoms with E-state index < -0.39 is 44.4 Å². The van der Waals surface area contributed by atoms with E-state index >= 15 is 0 Å². The standard InChI is InChI=1S/C13H7ClF3NO3/c1-6-10(15)9(14)13(12(17)11(6)16)21-8-5-3-2-4-7(8)18(19)20/h2-5H,1H3. The van der Waals surface area contributed by atoms with Crippen molar-refractivity contribution >= 4 is 17.3 Å². The van der Waals surface area contributed by atoms with Crippen molar-refractivity contribution in [3.05, 3.63) is 62.4 Å². The van der Waals surface area contributed by atoms with E-state index in [0.29, 0.717) is 0 Å². The summed E-state index contributed by atoms with van der Waals surface area (Å²) in [4.78, 5) is 10.0. The highest BCUT2D eigenvalue weighted by Gasteiger charge is 2.25. The number of hydrogen-bond donors (Lipinski definition) is 0. The molecule has 0 N–H and O–H groups in total. The first-order valence-corrected chi connectivity index (χ1v) is 5.96. The van der Waals surface area contributed by atoms with Gasteiger partial charge in [0.05, 0.1) is 4.92 Å². The van der Waals surface area contributed by atoms with Crippen molar-refractivity contribution < 1.29 is 22.8 Å². The lowest BCUT2D eigenvalue weighted by Crippen LogP contribution is -2.01. The van der Waals surface area contributed by atoms with Gasteiger partial charge in [0.25, 0.3) is 0 Å². The van der Waals surface area contributed by atoms with Crippen LogP contribution >= 0.6 is 11.6 Å². The maximum atomic E-state index is 13.8. The predicted octanol–water partition coefficient (Wildman–Crippen LogP) is 4.77. The maximum absolute atomic E-state index is 13.8. The molecule has 0 saturated carbocycles. The van der Waals surface area contributed by atoms with E-state index in [4.69, 9.17) is 16.3 Å². The number of rotatable bonds is 3. The highest BCUT2D eigenvalue weighted by Crippen LogP contribution is 2.39. The summed E-state index contributed by atoms with van der Waals surface area (Å²) in [5, 5.41) is 10.0.